The molecule has 1 rings (SSSR count). The van der Waals surface area contributed by atoms with Crippen molar-refractivity contribution in [1.82, 2.24) is 5.32 Å². The van der Waals surface area contributed by atoms with Gasteiger partial charge >= 0.3 is 12.1 Å². The number of rotatable bonds is 1. The summed E-state index contributed by atoms with van der Waals surface area (Å²) in [5.41, 5.74) is -0.237. The number of hydrogen-bond donors (Lipinski definition) is 1. The van der Waals surface area contributed by atoms with Gasteiger partial charge in [0.15, 0.2) is 0 Å². The molecule has 0 spiro atoms. The summed E-state index contributed by atoms with van der Waals surface area (Å²) in [5, 5.41) is 2.09. The molecule has 0 saturated heterocycles. The highest BCUT2D eigenvalue weighted by molar-refractivity contribution is 5.82. The van der Waals surface area contributed by atoms with Crippen molar-refractivity contribution in [2.75, 3.05) is 0 Å². The Morgan fingerprint density at radius 1 is 1.33 bits per heavy atom. The third kappa shape index (κ3) is 3.11. The summed E-state index contributed by atoms with van der Waals surface area (Å²) in [6.07, 6.45) is -1.38. The van der Waals surface area contributed by atoms with Crippen molar-refractivity contribution in [3.63, 3.8) is 0 Å². The van der Waals surface area contributed by atoms with E-state index in [0.717, 1.165) is 19.3 Å². The van der Waals surface area contributed by atoms with Crippen LogP contribution >= 0.6 is 0 Å². The van der Waals surface area contributed by atoms with Gasteiger partial charge in [-0.15, -0.1) is 0 Å². The summed E-state index contributed by atoms with van der Waals surface area (Å²) in [6, 6.07) is -0.361. The molecule has 1 unspecified atom stereocenters. The average Bonchev–Trinajstić information content (AvgIpc) is 2.06. The molecule has 88 valence electrons. The minimum atomic E-state index is -4.77. The zero-order valence-corrected chi connectivity index (χ0v) is 8.95. The first-order chi connectivity index (χ1) is 6.73. The fourth-order valence-corrected chi connectivity index (χ4v) is 2.00. The molecule has 0 aromatic heterocycles. The molecule has 1 saturated carbocycles. The van der Waals surface area contributed by atoms with E-state index in [4.69, 9.17) is 0 Å². The van der Waals surface area contributed by atoms with Crippen LogP contribution < -0.4 is 5.32 Å². The zero-order valence-electron chi connectivity index (χ0n) is 8.95. The molecular formula is C10H16F3NO. The smallest absolute Gasteiger partial charge is 0.345 e. The van der Waals surface area contributed by atoms with Crippen molar-refractivity contribution in [3.05, 3.63) is 0 Å². The van der Waals surface area contributed by atoms with Crippen LogP contribution in [0, 0.1) is 5.41 Å². The summed E-state index contributed by atoms with van der Waals surface area (Å²) in [4.78, 5) is 10.8. The molecule has 0 aromatic rings. The van der Waals surface area contributed by atoms with Crippen molar-refractivity contribution in [1.29, 1.82) is 0 Å². The van der Waals surface area contributed by atoms with Gasteiger partial charge in [-0.05, 0) is 18.3 Å². The number of alkyl halides is 3. The van der Waals surface area contributed by atoms with Gasteiger partial charge in [-0.25, -0.2) is 0 Å². The third-order valence-corrected chi connectivity index (χ3v) is 3.07. The summed E-state index contributed by atoms with van der Waals surface area (Å²) in [5.74, 6) is -1.82. The summed E-state index contributed by atoms with van der Waals surface area (Å²) in [6.45, 7) is 3.79. The molecule has 1 atom stereocenters. The van der Waals surface area contributed by atoms with E-state index in [1.165, 1.54) is 0 Å². The fourth-order valence-electron chi connectivity index (χ4n) is 2.00. The van der Waals surface area contributed by atoms with Crippen LogP contribution in [0.5, 0.6) is 0 Å². The Labute approximate surface area is 87.2 Å². The van der Waals surface area contributed by atoms with E-state index >= 15 is 0 Å². The highest BCUT2D eigenvalue weighted by Crippen LogP contribution is 2.35. The largest absolute Gasteiger partial charge is 0.471 e. The van der Waals surface area contributed by atoms with E-state index in [0.29, 0.717) is 6.42 Å². The van der Waals surface area contributed by atoms with Crippen LogP contribution in [0.3, 0.4) is 0 Å². The fraction of sp³-hybridized carbons (Fsp3) is 0.900. The van der Waals surface area contributed by atoms with Crippen LogP contribution in [0.1, 0.15) is 39.5 Å². The first-order valence-corrected chi connectivity index (χ1v) is 5.11. The molecule has 1 N–H and O–H groups in total. The van der Waals surface area contributed by atoms with Gasteiger partial charge in [0.25, 0.3) is 0 Å². The predicted molar refractivity (Wildman–Crippen MR) is 50.2 cm³/mol. The maximum Gasteiger partial charge on any atom is 0.471 e. The maximum atomic E-state index is 12.0. The molecule has 0 radical (unpaired) electrons. The first-order valence-electron chi connectivity index (χ1n) is 5.11. The van der Waals surface area contributed by atoms with Crippen molar-refractivity contribution in [2.24, 2.45) is 5.41 Å². The van der Waals surface area contributed by atoms with Crippen LogP contribution in [0.2, 0.25) is 0 Å². The molecule has 1 fully saturated rings. The molecule has 15 heavy (non-hydrogen) atoms. The Kier molecular flexibility index (Phi) is 3.31. The minimum absolute atomic E-state index is 0.237. The van der Waals surface area contributed by atoms with Gasteiger partial charge in [-0.2, -0.15) is 13.2 Å². The topological polar surface area (TPSA) is 29.1 Å². The van der Waals surface area contributed by atoms with Crippen molar-refractivity contribution < 1.29 is 18.0 Å². The number of amides is 1. The van der Waals surface area contributed by atoms with E-state index in [9.17, 15) is 18.0 Å². The first kappa shape index (κ1) is 12.3. The zero-order chi connectivity index (χ0) is 11.7. The molecule has 1 amide bonds. The van der Waals surface area contributed by atoms with Crippen LogP contribution in [0.25, 0.3) is 0 Å². The van der Waals surface area contributed by atoms with Crippen molar-refractivity contribution >= 4 is 5.91 Å². The van der Waals surface area contributed by atoms with E-state index in [1.807, 2.05) is 13.8 Å². The average molecular weight is 223 g/mol. The Bertz CT molecular complexity index is 248. The standard InChI is InChI=1S/C10H16F3NO/c1-9(2)6-4-3-5-7(9)14-8(15)10(11,12)13/h7H,3-6H2,1-2H3,(H,14,15). The normalized spacial score (nSPS) is 26.1. The second-order valence-electron chi connectivity index (χ2n) is 4.76. The summed E-state index contributed by atoms with van der Waals surface area (Å²) < 4.78 is 36.1. The van der Waals surface area contributed by atoms with Crippen LogP contribution in [-0.2, 0) is 4.79 Å². The molecule has 5 heteroatoms. The van der Waals surface area contributed by atoms with Crippen molar-refractivity contribution in [3.8, 4) is 0 Å². The maximum absolute atomic E-state index is 12.0. The molecule has 1 aliphatic carbocycles. The van der Waals surface area contributed by atoms with E-state index < -0.39 is 12.1 Å². The highest BCUT2D eigenvalue weighted by Gasteiger charge is 2.42. The quantitative estimate of drug-likeness (QED) is 0.727. The van der Waals surface area contributed by atoms with Gasteiger partial charge in [0.1, 0.15) is 0 Å². The summed E-state index contributed by atoms with van der Waals surface area (Å²) in [7, 11) is 0. The lowest BCUT2D eigenvalue weighted by Crippen LogP contribution is -2.50. The van der Waals surface area contributed by atoms with Gasteiger partial charge in [-0.3, -0.25) is 4.79 Å². The van der Waals surface area contributed by atoms with Crippen LogP contribution in [0.4, 0.5) is 13.2 Å². The van der Waals surface area contributed by atoms with Gasteiger partial charge in [0.05, 0.1) is 0 Å². The van der Waals surface area contributed by atoms with Crippen LogP contribution in [0.15, 0.2) is 0 Å². The Hall–Kier alpha value is -0.740. The molecule has 0 bridgehead atoms. The molecular weight excluding hydrogens is 207 g/mol. The van der Waals surface area contributed by atoms with E-state index in [2.05, 4.69) is 5.32 Å². The molecule has 1 aliphatic rings. The Morgan fingerprint density at radius 3 is 2.40 bits per heavy atom. The lowest BCUT2D eigenvalue weighted by Gasteiger charge is -2.39. The van der Waals surface area contributed by atoms with Crippen LogP contribution in [-0.4, -0.2) is 18.1 Å². The van der Waals surface area contributed by atoms with Crippen molar-refractivity contribution in [2.45, 2.75) is 51.7 Å². The van der Waals surface area contributed by atoms with Gasteiger partial charge in [-0.1, -0.05) is 26.7 Å². The number of halogens is 3. The SMILES string of the molecule is CC1(C)CCCCC1NC(=O)C(F)(F)F. The van der Waals surface area contributed by atoms with Gasteiger partial charge < -0.3 is 5.32 Å². The van der Waals surface area contributed by atoms with Gasteiger partial charge in [0.2, 0.25) is 0 Å². The van der Waals surface area contributed by atoms with E-state index in [-0.39, 0.29) is 11.5 Å². The lowest BCUT2D eigenvalue weighted by molar-refractivity contribution is -0.175. The minimum Gasteiger partial charge on any atom is -0.345 e. The Morgan fingerprint density at radius 2 is 1.93 bits per heavy atom. The van der Waals surface area contributed by atoms with Gasteiger partial charge in [0, 0.05) is 6.04 Å². The molecule has 2 nitrogen and oxygen atoms in total. The number of carbonyl (C=O) groups excluding carboxylic acids is 1. The second-order valence-corrected chi connectivity index (χ2v) is 4.76. The van der Waals surface area contributed by atoms with E-state index in [1.54, 1.807) is 0 Å². The Balaban J connectivity index is 2.61. The predicted octanol–water partition coefficient (Wildman–Crippen LogP) is 2.63. The third-order valence-electron chi connectivity index (χ3n) is 3.07. The highest BCUT2D eigenvalue weighted by atomic mass is 19.4. The lowest BCUT2D eigenvalue weighted by atomic mass is 9.73. The monoisotopic (exact) mass is 223 g/mol. The molecule has 0 aromatic carbocycles. The number of hydrogen-bond acceptors (Lipinski definition) is 1. The summed E-state index contributed by atoms with van der Waals surface area (Å²) >= 11 is 0. The number of carbonyl (C=O) groups is 1. The molecule has 0 aliphatic heterocycles. The second kappa shape index (κ2) is 4.02. The molecule has 0 heterocycles. The number of nitrogens with one attached hydrogen (secondary N) is 1.